The van der Waals surface area contributed by atoms with E-state index in [1.807, 2.05) is 0 Å². The van der Waals surface area contributed by atoms with Crippen LogP contribution in [0.4, 0.5) is 18.9 Å². The predicted octanol–water partition coefficient (Wildman–Crippen LogP) is 3.44. The summed E-state index contributed by atoms with van der Waals surface area (Å²) in [5.74, 6) is -0.594. The minimum atomic E-state index is -4.69. The van der Waals surface area contributed by atoms with Gasteiger partial charge in [0.05, 0.1) is 21.2 Å². The molecule has 10 heteroatoms. The van der Waals surface area contributed by atoms with Gasteiger partial charge < -0.3 is 5.32 Å². The lowest BCUT2D eigenvalue weighted by Crippen LogP contribution is -2.45. The number of anilines is 1. The largest absolute Gasteiger partial charge is 0.416 e. The number of sulfonamides is 1. The molecule has 0 spiro atoms. The van der Waals surface area contributed by atoms with Crippen LogP contribution < -0.4 is 9.62 Å². The zero-order valence-electron chi connectivity index (χ0n) is 13.7. The van der Waals surface area contributed by atoms with Gasteiger partial charge in [-0.25, -0.2) is 8.42 Å². The van der Waals surface area contributed by atoms with Gasteiger partial charge in [-0.2, -0.15) is 13.2 Å². The van der Waals surface area contributed by atoms with Crippen molar-refractivity contribution < 1.29 is 26.4 Å². The van der Waals surface area contributed by atoms with E-state index in [1.165, 1.54) is 24.3 Å². The van der Waals surface area contributed by atoms with Gasteiger partial charge in [0.2, 0.25) is 5.91 Å². The molecule has 3 rings (SSSR count). The summed E-state index contributed by atoms with van der Waals surface area (Å²) in [6, 6.07) is 8.34. The van der Waals surface area contributed by atoms with Crippen molar-refractivity contribution in [1.29, 1.82) is 0 Å². The van der Waals surface area contributed by atoms with Gasteiger partial charge in [0, 0.05) is 6.54 Å². The van der Waals surface area contributed by atoms with E-state index < -0.39 is 39.4 Å². The first kappa shape index (κ1) is 19.5. The molecule has 0 saturated carbocycles. The Kier molecular flexibility index (Phi) is 5.09. The van der Waals surface area contributed by atoms with Gasteiger partial charge in [-0.15, -0.1) is 0 Å². The van der Waals surface area contributed by atoms with Crippen LogP contribution in [0, 0.1) is 0 Å². The Morgan fingerprint density at radius 3 is 2.33 bits per heavy atom. The molecule has 1 saturated heterocycles. The number of amides is 1. The van der Waals surface area contributed by atoms with Crippen LogP contribution in [0.25, 0.3) is 0 Å². The fourth-order valence-electron chi connectivity index (χ4n) is 2.83. The molecule has 1 aliphatic rings. The highest BCUT2D eigenvalue weighted by Gasteiger charge is 2.41. The van der Waals surface area contributed by atoms with Gasteiger partial charge in [-0.1, -0.05) is 29.8 Å². The second kappa shape index (κ2) is 7.05. The van der Waals surface area contributed by atoms with Crippen molar-refractivity contribution in [2.45, 2.75) is 23.5 Å². The summed E-state index contributed by atoms with van der Waals surface area (Å²) in [4.78, 5) is 12.0. The average Bonchev–Trinajstić information content (AvgIpc) is 3.02. The Labute approximate surface area is 158 Å². The van der Waals surface area contributed by atoms with Crippen LogP contribution in [-0.2, 0) is 21.0 Å². The topological polar surface area (TPSA) is 66.5 Å². The standard InChI is InChI=1S/C17H14ClF3N2O3S/c18-13-7-6-11(17(19,20)21)10-15(13)23(14-8-9-22-16(14)24)27(25,26)12-4-2-1-3-5-12/h1-7,10,14H,8-9H2,(H,22,24). The lowest BCUT2D eigenvalue weighted by molar-refractivity contribution is -0.137. The van der Waals surface area contributed by atoms with Crippen LogP contribution in [-0.4, -0.2) is 26.9 Å². The minimum Gasteiger partial charge on any atom is -0.354 e. The van der Waals surface area contributed by atoms with Gasteiger partial charge in [-0.3, -0.25) is 9.10 Å². The minimum absolute atomic E-state index is 0.109. The highest BCUT2D eigenvalue weighted by Crippen LogP contribution is 2.39. The van der Waals surface area contributed by atoms with Gasteiger partial charge in [0.1, 0.15) is 6.04 Å². The third-order valence-corrected chi connectivity index (χ3v) is 6.27. The van der Waals surface area contributed by atoms with Gasteiger partial charge >= 0.3 is 6.18 Å². The van der Waals surface area contributed by atoms with E-state index in [9.17, 15) is 26.4 Å². The molecular formula is C17H14ClF3N2O3S. The molecule has 5 nitrogen and oxygen atoms in total. The summed E-state index contributed by atoms with van der Waals surface area (Å²) in [5, 5.41) is 2.29. The molecule has 1 aliphatic heterocycles. The molecule has 1 heterocycles. The lowest BCUT2D eigenvalue weighted by atomic mass is 10.1. The average molecular weight is 419 g/mol. The molecule has 27 heavy (non-hydrogen) atoms. The zero-order valence-corrected chi connectivity index (χ0v) is 15.3. The van der Waals surface area contributed by atoms with Crippen molar-refractivity contribution >= 4 is 33.2 Å². The van der Waals surface area contributed by atoms with Crippen LogP contribution in [0.2, 0.25) is 5.02 Å². The summed E-state index contributed by atoms with van der Waals surface area (Å²) in [7, 11) is -4.33. The number of nitrogens with one attached hydrogen (secondary N) is 1. The number of nitrogens with zero attached hydrogens (tertiary/aromatic N) is 1. The van der Waals surface area contributed by atoms with Gasteiger partial charge in [0.15, 0.2) is 0 Å². The summed E-state index contributed by atoms with van der Waals surface area (Å²) in [5.41, 5.74) is -1.45. The Bertz CT molecular complexity index is 965. The maximum atomic E-state index is 13.2. The van der Waals surface area contributed by atoms with Crippen LogP contribution in [0.5, 0.6) is 0 Å². The summed E-state index contributed by atoms with van der Waals surface area (Å²) in [6.07, 6.45) is -4.59. The molecule has 2 aromatic rings. The first-order chi connectivity index (χ1) is 12.6. The third kappa shape index (κ3) is 3.74. The van der Waals surface area contributed by atoms with Crippen molar-refractivity contribution in [1.82, 2.24) is 5.32 Å². The van der Waals surface area contributed by atoms with Gasteiger partial charge in [0.25, 0.3) is 10.0 Å². The van der Waals surface area contributed by atoms with Crippen molar-refractivity contribution in [2.24, 2.45) is 0 Å². The Balaban J connectivity index is 2.22. The first-order valence-electron chi connectivity index (χ1n) is 7.86. The summed E-state index contributed by atoms with van der Waals surface area (Å²) < 4.78 is 66.5. The number of carbonyl (C=O) groups excluding carboxylic acids is 1. The number of carbonyl (C=O) groups is 1. The van der Waals surface area contributed by atoms with Gasteiger partial charge in [-0.05, 0) is 36.8 Å². The number of halogens is 4. The van der Waals surface area contributed by atoms with Crippen LogP contribution in [0.15, 0.2) is 53.4 Å². The molecule has 1 N–H and O–H groups in total. The van der Waals surface area contributed by atoms with Crippen LogP contribution >= 0.6 is 11.6 Å². The molecule has 0 aliphatic carbocycles. The van der Waals surface area contributed by atoms with Crippen LogP contribution in [0.3, 0.4) is 0 Å². The normalized spacial score (nSPS) is 17.6. The molecule has 1 fully saturated rings. The molecule has 0 bridgehead atoms. The predicted molar refractivity (Wildman–Crippen MR) is 94.0 cm³/mol. The van der Waals surface area contributed by atoms with E-state index in [2.05, 4.69) is 5.32 Å². The number of benzene rings is 2. The number of rotatable bonds is 4. The second-order valence-electron chi connectivity index (χ2n) is 5.87. The lowest BCUT2D eigenvalue weighted by Gasteiger charge is -2.30. The van der Waals surface area contributed by atoms with E-state index in [-0.39, 0.29) is 22.9 Å². The molecule has 1 amide bonds. The molecule has 1 unspecified atom stereocenters. The Hall–Kier alpha value is -2.26. The molecular weight excluding hydrogens is 405 g/mol. The Morgan fingerprint density at radius 1 is 1.11 bits per heavy atom. The third-order valence-electron chi connectivity index (χ3n) is 4.11. The molecule has 1 atom stereocenters. The summed E-state index contributed by atoms with van der Waals surface area (Å²) >= 11 is 6.06. The first-order valence-corrected chi connectivity index (χ1v) is 9.68. The molecule has 0 radical (unpaired) electrons. The van der Waals surface area contributed by atoms with Crippen molar-refractivity contribution in [3.05, 3.63) is 59.1 Å². The smallest absolute Gasteiger partial charge is 0.354 e. The molecule has 0 aromatic heterocycles. The van der Waals surface area contributed by atoms with E-state index >= 15 is 0 Å². The van der Waals surface area contributed by atoms with E-state index in [0.717, 1.165) is 12.1 Å². The Morgan fingerprint density at radius 2 is 1.78 bits per heavy atom. The van der Waals surface area contributed by atoms with E-state index in [0.29, 0.717) is 10.4 Å². The molecule has 2 aromatic carbocycles. The number of hydrogen-bond acceptors (Lipinski definition) is 3. The zero-order chi connectivity index (χ0) is 19.8. The van der Waals surface area contributed by atoms with Crippen molar-refractivity contribution in [2.75, 3.05) is 10.8 Å². The highest BCUT2D eigenvalue weighted by molar-refractivity contribution is 7.93. The number of alkyl halides is 3. The fraction of sp³-hybridized carbons (Fsp3) is 0.235. The number of hydrogen-bond donors (Lipinski definition) is 1. The maximum Gasteiger partial charge on any atom is 0.416 e. The summed E-state index contributed by atoms with van der Waals surface area (Å²) in [6.45, 7) is 0.209. The monoisotopic (exact) mass is 418 g/mol. The van der Waals surface area contributed by atoms with E-state index in [1.54, 1.807) is 6.07 Å². The fourth-order valence-corrected chi connectivity index (χ4v) is 4.77. The van der Waals surface area contributed by atoms with Crippen LogP contribution in [0.1, 0.15) is 12.0 Å². The second-order valence-corrected chi connectivity index (χ2v) is 8.10. The SMILES string of the molecule is O=C1NCCC1N(c1cc(C(F)(F)F)ccc1Cl)S(=O)(=O)c1ccccc1. The molecule has 144 valence electrons. The van der Waals surface area contributed by atoms with Crippen molar-refractivity contribution in [3.8, 4) is 0 Å². The quantitative estimate of drug-likeness (QED) is 0.827. The maximum absolute atomic E-state index is 13.2. The van der Waals surface area contributed by atoms with Crippen molar-refractivity contribution in [3.63, 3.8) is 0 Å². The highest BCUT2D eigenvalue weighted by atomic mass is 35.5. The van der Waals surface area contributed by atoms with E-state index in [4.69, 9.17) is 11.6 Å².